The Morgan fingerprint density at radius 2 is 2.15 bits per heavy atom. The first-order valence-electron chi connectivity index (χ1n) is 7.24. The Kier molecular flexibility index (Phi) is 4.60. The summed E-state index contributed by atoms with van der Waals surface area (Å²) in [4.78, 5) is 20.4. The van der Waals surface area contributed by atoms with Crippen molar-refractivity contribution in [2.24, 2.45) is 0 Å². The van der Waals surface area contributed by atoms with Crippen molar-refractivity contribution >= 4 is 11.8 Å². The molecular formula is C15H23N3O2. The van der Waals surface area contributed by atoms with Crippen LogP contribution in [0.2, 0.25) is 0 Å². The normalized spacial score (nSPS) is 20.1. The van der Waals surface area contributed by atoms with E-state index in [4.69, 9.17) is 0 Å². The minimum absolute atomic E-state index is 0.332. The number of likely N-dealkylation sites (N-methyl/N-ethyl adjacent to an activating group) is 1. The van der Waals surface area contributed by atoms with Crippen molar-refractivity contribution in [3.8, 4) is 0 Å². The number of piperazine rings is 1. The van der Waals surface area contributed by atoms with Gasteiger partial charge in [-0.3, -0.25) is 4.90 Å². The number of carboxylic acids is 1. The van der Waals surface area contributed by atoms with Crippen LogP contribution in [-0.2, 0) is 6.42 Å². The molecule has 0 aliphatic carbocycles. The van der Waals surface area contributed by atoms with Gasteiger partial charge in [0.1, 0.15) is 5.82 Å². The Bertz CT molecular complexity index is 490. The molecule has 1 atom stereocenters. The van der Waals surface area contributed by atoms with Crippen LogP contribution in [0.5, 0.6) is 0 Å². The highest BCUT2D eigenvalue weighted by Gasteiger charge is 2.24. The van der Waals surface area contributed by atoms with Gasteiger partial charge in [0.05, 0.1) is 5.56 Å². The van der Waals surface area contributed by atoms with E-state index in [1.807, 2.05) is 6.92 Å². The van der Waals surface area contributed by atoms with Crippen molar-refractivity contribution in [2.75, 3.05) is 31.6 Å². The van der Waals surface area contributed by atoms with Crippen molar-refractivity contribution in [1.29, 1.82) is 0 Å². The van der Waals surface area contributed by atoms with Gasteiger partial charge in [0.25, 0.3) is 0 Å². The van der Waals surface area contributed by atoms with Crippen molar-refractivity contribution in [3.05, 3.63) is 23.4 Å². The summed E-state index contributed by atoms with van der Waals surface area (Å²) in [7, 11) is 2.14. The molecule has 1 aromatic heterocycles. The molecule has 20 heavy (non-hydrogen) atoms. The van der Waals surface area contributed by atoms with Gasteiger partial charge < -0.3 is 10.0 Å². The molecule has 0 amide bonds. The van der Waals surface area contributed by atoms with Gasteiger partial charge in [-0.05, 0) is 32.0 Å². The van der Waals surface area contributed by atoms with E-state index in [1.165, 1.54) is 0 Å². The number of aromatic nitrogens is 1. The molecule has 1 aliphatic rings. The summed E-state index contributed by atoms with van der Waals surface area (Å²) in [5.74, 6) is -0.0854. The van der Waals surface area contributed by atoms with E-state index in [1.54, 1.807) is 12.1 Å². The van der Waals surface area contributed by atoms with Gasteiger partial charge in [-0.1, -0.05) is 13.8 Å². The molecule has 5 heteroatoms. The third-order valence-corrected chi connectivity index (χ3v) is 4.05. The second-order valence-corrected chi connectivity index (χ2v) is 5.35. The number of hydrogen-bond acceptors (Lipinski definition) is 4. The molecule has 1 fully saturated rings. The van der Waals surface area contributed by atoms with Crippen molar-refractivity contribution in [3.63, 3.8) is 0 Å². The molecule has 2 rings (SSSR count). The fourth-order valence-corrected chi connectivity index (χ4v) is 2.63. The van der Waals surface area contributed by atoms with E-state index in [2.05, 4.69) is 28.8 Å². The smallest absolute Gasteiger partial charge is 0.335 e. The molecule has 1 saturated heterocycles. The number of hydrogen-bond donors (Lipinski definition) is 1. The third-order valence-electron chi connectivity index (χ3n) is 4.05. The van der Waals surface area contributed by atoms with Gasteiger partial charge in [-0.2, -0.15) is 0 Å². The van der Waals surface area contributed by atoms with Gasteiger partial charge in [0, 0.05) is 31.4 Å². The van der Waals surface area contributed by atoms with Gasteiger partial charge in [0.15, 0.2) is 0 Å². The fourth-order valence-electron chi connectivity index (χ4n) is 2.63. The lowest BCUT2D eigenvalue weighted by Crippen LogP contribution is -2.51. The molecule has 0 saturated carbocycles. The van der Waals surface area contributed by atoms with Crippen LogP contribution in [0.15, 0.2) is 12.1 Å². The summed E-state index contributed by atoms with van der Waals surface area (Å²) in [6.07, 6.45) is 1.84. The average Bonchev–Trinajstić information content (AvgIpc) is 2.47. The standard InChI is InChI=1S/C15H23N3O2/c1-4-12-8-11(15(19)20)9-14(16-12)18-7-6-17(3)13(5-2)10-18/h8-9,13H,4-7,10H2,1-3H3,(H,19,20). The minimum Gasteiger partial charge on any atom is -0.478 e. The lowest BCUT2D eigenvalue weighted by Gasteiger charge is -2.39. The Morgan fingerprint density at radius 1 is 1.40 bits per heavy atom. The topological polar surface area (TPSA) is 56.7 Å². The maximum absolute atomic E-state index is 11.2. The number of anilines is 1. The fraction of sp³-hybridized carbons (Fsp3) is 0.600. The van der Waals surface area contributed by atoms with E-state index < -0.39 is 5.97 Å². The summed E-state index contributed by atoms with van der Waals surface area (Å²) in [6, 6.07) is 3.86. The van der Waals surface area contributed by atoms with Gasteiger partial charge in [0.2, 0.25) is 0 Å². The largest absolute Gasteiger partial charge is 0.478 e. The molecule has 110 valence electrons. The predicted octanol–water partition coefficient (Wildman–Crippen LogP) is 1.87. The molecule has 2 heterocycles. The van der Waals surface area contributed by atoms with Gasteiger partial charge in [-0.25, -0.2) is 9.78 Å². The molecule has 0 aromatic carbocycles. The Hall–Kier alpha value is -1.62. The van der Waals surface area contributed by atoms with Crippen LogP contribution in [0.4, 0.5) is 5.82 Å². The maximum Gasteiger partial charge on any atom is 0.335 e. The highest BCUT2D eigenvalue weighted by molar-refractivity contribution is 5.88. The number of rotatable bonds is 4. The summed E-state index contributed by atoms with van der Waals surface area (Å²) >= 11 is 0. The summed E-state index contributed by atoms with van der Waals surface area (Å²) < 4.78 is 0. The van der Waals surface area contributed by atoms with Crippen LogP contribution in [0.25, 0.3) is 0 Å². The predicted molar refractivity (Wildman–Crippen MR) is 79.5 cm³/mol. The average molecular weight is 277 g/mol. The molecule has 1 aromatic rings. The SMILES string of the molecule is CCc1cc(C(=O)O)cc(N2CCN(C)C(CC)C2)n1. The van der Waals surface area contributed by atoms with E-state index >= 15 is 0 Å². The zero-order chi connectivity index (χ0) is 14.7. The van der Waals surface area contributed by atoms with Gasteiger partial charge in [-0.15, -0.1) is 0 Å². The Morgan fingerprint density at radius 3 is 2.75 bits per heavy atom. The van der Waals surface area contributed by atoms with Crippen LogP contribution in [0.3, 0.4) is 0 Å². The van der Waals surface area contributed by atoms with E-state index in [0.29, 0.717) is 11.6 Å². The number of aromatic carboxylic acids is 1. The molecular weight excluding hydrogens is 254 g/mol. The zero-order valence-corrected chi connectivity index (χ0v) is 12.5. The number of carboxylic acid groups (broad SMARTS) is 1. The van der Waals surface area contributed by atoms with Crippen molar-refractivity contribution < 1.29 is 9.90 Å². The first kappa shape index (κ1) is 14.8. The number of aryl methyl sites for hydroxylation is 1. The van der Waals surface area contributed by atoms with Crippen LogP contribution >= 0.6 is 0 Å². The second kappa shape index (κ2) is 6.22. The molecule has 0 bridgehead atoms. The number of nitrogens with zero attached hydrogens (tertiary/aromatic N) is 3. The Labute approximate surface area is 120 Å². The highest BCUT2D eigenvalue weighted by atomic mass is 16.4. The van der Waals surface area contributed by atoms with E-state index in [0.717, 1.165) is 44.0 Å². The highest BCUT2D eigenvalue weighted by Crippen LogP contribution is 2.20. The van der Waals surface area contributed by atoms with Crippen molar-refractivity contribution in [1.82, 2.24) is 9.88 Å². The van der Waals surface area contributed by atoms with E-state index in [9.17, 15) is 9.90 Å². The number of pyridine rings is 1. The summed E-state index contributed by atoms with van der Waals surface area (Å²) in [5, 5.41) is 9.21. The number of carbonyl (C=O) groups is 1. The van der Waals surface area contributed by atoms with E-state index in [-0.39, 0.29) is 0 Å². The first-order valence-corrected chi connectivity index (χ1v) is 7.24. The van der Waals surface area contributed by atoms with Gasteiger partial charge >= 0.3 is 5.97 Å². The molecule has 1 aliphatic heterocycles. The van der Waals surface area contributed by atoms with Crippen LogP contribution in [-0.4, -0.2) is 53.7 Å². The lowest BCUT2D eigenvalue weighted by atomic mass is 10.1. The molecule has 0 spiro atoms. The van der Waals surface area contributed by atoms with Crippen molar-refractivity contribution in [2.45, 2.75) is 32.7 Å². The minimum atomic E-state index is -0.885. The monoisotopic (exact) mass is 277 g/mol. The molecule has 1 unspecified atom stereocenters. The Balaban J connectivity index is 2.27. The first-order chi connectivity index (χ1) is 9.55. The van der Waals surface area contributed by atoms with Crippen LogP contribution in [0.1, 0.15) is 36.3 Å². The van der Waals surface area contributed by atoms with Crippen LogP contribution in [0, 0.1) is 0 Å². The molecule has 1 N–H and O–H groups in total. The quantitative estimate of drug-likeness (QED) is 0.910. The molecule has 5 nitrogen and oxygen atoms in total. The lowest BCUT2D eigenvalue weighted by molar-refractivity contribution is 0.0696. The third kappa shape index (κ3) is 3.10. The summed E-state index contributed by atoms with van der Waals surface area (Å²) in [6.45, 7) is 6.97. The maximum atomic E-state index is 11.2. The second-order valence-electron chi connectivity index (χ2n) is 5.35. The summed E-state index contributed by atoms with van der Waals surface area (Å²) in [5.41, 5.74) is 1.17. The molecule has 0 radical (unpaired) electrons. The zero-order valence-electron chi connectivity index (χ0n) is 12.5. The van der Waals surface area contributed by atoms with Crippen LogP contribution < -0.4 is 4.90 Å².